The summed E-state index contributed by atoms with van der Waals surface area (Å²) in [5.74, 6) is -1.42. The normalized spacial score (nSPS) is 16.7. The van der Waals surface area contributed by atoms with E-state index in [1.54, 1.807) is 13.8 Å². The van der Waals surface area contributed by atoms with Crippen molar-refractivity contribution in [3.05, 3.63) is 58.1 Å². The molecular formula is C19H19N3O6. The first kappa shape index (κ1) is 19.3. The molecule has 1 aromatic carbocycles. The molecule has 0 radical (unpaired) electrons. The quantitative estimate of drug-likeness (QED) is 0.427. The van der Waals surface area contributed by atoms with Crippen LogP contribution in [0.2, 0.25) is 0 Å². The third kappa shape index (κ3) is 3.78. The number of anilines is 1. The Morgan fingerprint density at radius 2 is 2.04 bits per heavy atom. The summed E-state index contributed by atoms with van der Waals surface area (Å²) in [6.07, 6.45) is -0.609. The molecule has 28 heavy (non-hydrogen) atoms. The molecule has 1 aliphatic heterocycles. The minimum atomic E-state index is -0.976. The second-order valence-corrected chi connectivity index (χ2v) is 6.23. The zero-order valence-electron chi connectivity index (χ0n) is 15.4. The van der Waals surface area contributed by atoms with E-state index in [1.165, 1.54) is 12.1 Å². The smallest absolute Gasteiger partial charge is 0.366 e. The number of nitro groups is 1. The first-order valence-electron chi connectivity index (χ1n) is 8.78. The van der Waals surface area contributed by atoms with Crippen LogP contribution in [0, 0.1) is 10.1 Å². The number of amides is 1. The zero-order valence-corrected chi connectivity index (χ0v) is 15.4. The van der Waals surface area contributed by atoms with Gasteiger partial charge in [-0.15, -0.1) is 0 Å². The van der Waals surface area contributed by atoms with Crippen molar-refractivity contribution >= 4 is 23.5 Å². The van der Waals surface area contributed by atoms with E-state index in [4.69, 9.17) is 9.47 Å². The van der Waals surface area contributed by atoms with Crippen LogP contribution in [-0.4, -0.2) is 33.9 Å². The van der Waals surface area contributed by atoms with E-state index in [9.17, 15) is 19.7 Å². The minimum Gasteiger partial charge on any atom is -0.475 e. The lowest BCUT2D eigenvalue weighted by molar-refractivity contribution is -0.389. The Morgan fingerprint density at radius 3 is 2.68 bits per heavy atom. The molecule has 0 spiro atoms. The van der Waals surface area contributed by atoms with Gasteiger partial charge in [0.15, 0.2) is 11.9 Å². The Hall–Kier alpha value is -3.49. The number of fused-ring (bicyclic) bond motifs is 1. The maximum absolute atomic E-state index is 12.7. The lowest BCUT2D eigenvalue weighted by atomic mass is 10.1. The van der Waals surface area contributed by atoms with Crippen LogP contribution in [0.5, 0.6) is 5.75 Å². The number of hydrogen-bond acceptors (Lipinski definition) is 7. The van der Waals surface area contributed by atoms with Crippen molar-refractivity contribution in [1.82, 2.24) is 4.98 Å². The van der Waals surface area contributed by atoms with Gasteiger partial charge in [0.2, 0.25) is 0 Å². The fourth-order valence-corrected chi connectivity index (χ4v) is 2.91. The number of carbonyl (C=O) groups is 2. The van der Waals surface area contributed by atoms with Gasteiger partial charge in [0.1, 0.15) is 12.6 Å². The number of carbonyl (C=O) groups excluding carboxylic acids is 2. The molecule has 0 saturated carbocycles. The van der Waals surface area contributed by atoms with Gasteiger partial charge in [0, 0.05) is 6.07 Å². The monoisotopic (exact) mass is 385 g/mol. The minimum absolute atomic E-state index is 0.0548. The molecular weight excluding hydrogens is 366 g/mol. The largest absolute Gasteiger partial charge is 0.475 e. The highest BCUT2D eigenvalue weighted by molar-refractivity contribution is 6.03. The van der Waals surface area contributed by atoms with Gasteiger partial charge in [-0.2, -0.15) is 0 Å². The topological polar surface area (TPSA) is 112 Å². The molecule has 146 valence electrons. The predicted octanol–water partition coefficient (Wildman–Crippen LogP) is 2.63. The first-order valence-corrected chi connectivity index (χ1v) is 8.78. The predicted molar refractivity (Wildman–Crippen MR) is 98.8 cm³/mol. The molecule has 0 fully saturated rings. The lowest BCUT2D eigenvalue weighted by Crippen LogP contribution is -2.53. The first-order chi connectivity index (χ1) is 13.4. The number of benzene rings is 1. The summed E-state index contributed by atoms with van der Waals surface area (Å²) in [7, 11) is 0. The molecule has 0 aliphatic carbocycles. The van der Waals surface area contributed by atoms with Crippen molar-refractivity contribution in [1.29, 1.82) is 0 Å². The van der Waals surface area contributed by atoms with Crippen LogP contribution >= 0.6 is 0 Å². The Balaban J connectivity index is 1.90. The summed E-state index contributed by atoms with van der Waals surface area (Å²) in [6, 6.07) is 10.7. The average Bonchev–Trinajstić information content (AvgIpc) is 2.70. The molecule has 1 aliphatic rings. The van der Waals surface area contributed by atoms with E-state index in [0.717, 1.165) is 10.5 Å². The molecule has 0 saturated heterocycles. The Morgan fingerprint density at radius 1 is 1.32 bits per heavy atom. The number of hydrogen-bond donors (Lipinski definition) is 0. The third-order valence-corrected chi connectivity index (χ3v) is 4.32. The molecule has 9 heteroatoms. The van der Waals surface area contributed by atoms with Crippen LogP contribution in [0.3, 0.4) is 0 Å². The van der Waals surface area contributed by atoms with Crippen LogP contribution in [0.4, 0.5) is 11.6 Å². The van der Waals surface area contributed by atoms with Crippen molar-refractivity contribution in [3.63, 3.8) is 0 Å². The van der Waals surface area contributed by atoms with Gasteiger partial charge in [-0.3, -0.25) is 9.69 Å². The third-order valence-electron chi connectivity index (χ3n) is 4.32. The highest BCUT2D eigenvalue weighted by Gasteiger charge is 2.43. The van der Waals surface area contributed by atoms with Gasteiger partial charge < -0.3 is 19.6 Å². The van der Waals surface area contributed by atoms with E-state index >= 15 is 0 Å². The van der Waals surface area contributed by atoms with Crippen molar-refractivity contribution in [3.8, 4) is 5.75 Å². The Labute approximate surface area is 161 Å². The molecule has 0 N–H and O–H groups in total. The van der Waals surface area contributed by atoms with Crippen LogP contribution in [0.1, 0.15) is 25.8 Å². The lowest BCUT2D eigenvalue weighted by Gasteiger charge is -2.33. The molecule has 9 nitrogen and oxygen atoms in total. The van der Waals surface area contributed by atoms with E-state index < -0.39 is 34.8 Å². The van der Waals surface area contributed by atoms with E-state index in [1.807, 2.05) is 30.3 Å². The van der Waals surface area contributed by atoms with Crippen molar-refractivity contribution in [2.24, 2.45) is 0 Å². The van der Waals surface area contributed by atoms with Crippen LogP contribution in [0.25, 0.3) is 0 Å². The maximum Gasteiger partial charge on any atom is 0.366 e. The number of nitrogens with zero attached hydrogens (tertiary/aromatic N) is 3. The number of pyridine rings is 1. The summed E-state index contributed by atoms with van der Waals surface area (Å²) < 4.78 is 10.9. The van der Waals surface area contributed by atoms with Gasteiger partial charge >= 0.3 is 11.8 Å². The van der Waals surface area contributed by atoms with Gasteiger partial charge in [0.05, 0.1) is 0 Å². The molecule has 2 unspecified atom stereocenters. The summed E-state index contributed by atoms with van der Waals surface area (Å²) in [5.41, 5.74) is 0.807. The van der Waals surface area contributed by atoms with E-state index in [0.29, 0.717) is 0 Å². The standard InChI is InChI=1S/C19H19N3O6/c1-3-14(19(24)27-11-13-7-5-4-6-8-13)21-17-15(28-12(2)18(21)23)9-10-16(20-17)22(25)26/h4-10,12,14H,3,11H2,1-2H3. The summed E-state index contributed by atoms with van der Waals surface area (Å²) in [5, 5.41) is 11.1. The number of ether oxygens (including phenoxy) is 2. The van der Waals surface area contributed by atoms with E-state index in [2.05, 4.69) is 4.98 Å². The van der Waals surface area contributed by atoms with Crippen molar-refractivity contribution in [2.75, 3.05) is 4.90 Å². The van der Waals surface area contributed by atoms with Gasteiger partial charge in [0.25, 0.3) is 11.7 Å². The molecule has 0 bridgehead atoms. The fraction of sp³-hybridized carbons (Fsp3) is 0.316. The van der Waals surface area contributed by atoms with Crippen LogP contribution in [-0.2, 0) is 20.9 Å². The van der Waals surface area contributed by atoms with Gasteiger partial charge in [-0.05, 0) is 34.9 Å². The molecule has 2 heterocycles. The maximum atomic E-state index is 12.7. The van der Waals surface area contributed by atoms with Crippen LogP contribution in [0.15, 0.2) is 42.5 Å². The van der Waals surface area contributed by atoms with E-state index in [-0.39, 0.29) is 24.6 Å². The van der Waals surface area contributed by atoms with Crippen molar-refractivity contribution < 1.29 is 24.0 Å². The summed E-state index contributed by atoms with van der Waals surface area (Å²) >= 11 is 0. The molecule has 1 aromatic heterocycles. The Bertz CT molecular complexity index is 902. The van der Waals surface area contributed by atoms with Gasteiger partial charge in [-0.25, -0.2) is 4.79 Å². The number of aromatic nitrogens is 1. The molecule has 3 rings (SSSR count). The second kappa shape index (κ2) is 8.03. The molecule has 2 atom stereocenters. The van der Waals surface area contributed by atoms with Crippen molar-refractivity contribution in [2.45, 2.75) is 39.0 Å². The summed E-state index contributed by atoms with van der Waals surface area (Å²) in [6.45, 7) is 3.32. The SMILES string of the molecule is CCC(C(=O)OCc1ccccc1)N1C(=O)C(C)Oc2ccc([N+](=O)[O-])nc21. The number of esters is 1. The Kier molecular flexibility index (Phi) is 5.53. The molecule has 1 amide bonds. The highest BCUT2D eigenvalue weighted by atomic mass is 16.6. The van der Waals surface area contributed by atoms with Crippen LogP contribution < -0.4 is 9.64 Å². The van der Waals surface area contributed by atoms with Gasteiger partial charge in [-0.1, -0.05) is 37.3 Å². The number of rotatable bonds is 6. The second-order valence-electron chi connectivity index (χ2n) is 6.23. The summed E-state index contributed by atoms with van der Waals surface area (Å²) in [4.78, 5) is 40.9. The average molecular weight is 385 g/mol. The zero-order chi connectivity index (χ0) is 20.3. The molecule has 2 aromatic rings. The fourth-order valence-electron chi connectivity index (χ4n) is 2.91. The highest BCUT2D eigenvalue weighted by Crippen LogP contribution is 2.36.